The Labute approximate surface area is 148 Å². The van der Waals surface area contributed by atoms with E-state index in [0.29, 0.717) is 0 Å². The van der Waals surface area contributed by atoms with Gasteiger partial charge in [-0.05, 0) is 24.3 Å². The van der Waals surface area contributed by atoms with Crippen LogP contribution in [-0.4, -0.2) is 30.3 Å². The van der Waals surface area contributed by atoms with Crippen LogP contribution in [0.3, 0.4) is 0 Å². The van der Waals surface area contributed by atoms with Crippen molar-refractivity contribution in [3.63, 3.8) is 0 Å². The molecular weight excluding hydrogens is 345 g/mol. The van der Waals surface area contributed by atoms with Crippen molar-refractivity contribution in [3.05, 3.63) is 54.3 Å². The maximum atomic E-state index is 13.4. The number of esters is 1. The minimum Gasteiger partial charge on any atom is -0.487 e. The van der Waals surface area contributed by atoms with Gasteiger partial charge in [-0.2, -0.15) is 0 Å². The Morgan fingerprint density at radius 1 is 1.12 bits per heavy atom. The van der Waals surface area contributed by atoms with Crippen molar-refractivity contribution in [2.75, 3.05) is 18.5 Å². The number of nitrogens with one attached hydrogen (secondary N) is 1. The third kappa shape index (κ3) is 4.51. The number of amides is 1. The molecule has 2 aromatic rings. The number of anilines is 1. The lowest BCUT2D eigenvalue weighted by atomic mass is 10.2. The Morgan fingerprint density at radius 2 is 1.88 bits per heavy atom. The Morgan fingerprint density at radius 3 is 2.72 bits per heavy atom. The lowest BCUT2D eigenvalue weighted by Gasteiger charge is -2.23. The van der Waals surface area contributed by atoms with E-state index in [0.717, 1.165) is 10.6 Å². The molecule has 0 aromatic heterocycles. The topological polar surface area (TPSA) is 64.6 Å². The van der Waals surface area contributed by atoms with Crippen LogP contribution in [0.2, 0.25) is 0 Å². The SMILES string of the molecule is O=C(C[C@H]1Sc2ccccc2NC1=O)OCCOc1ccccc1F. The summed E-state index contributed by atoms with van der Waals surface area (Å²) in [5, 5.41) is 2.24. The summed E-state index contributed by atoms with van der Waals surface area (Å²) in [5.74, 6) is -1.08. The van der Waals surface area contributed by atoms with Crippen molar-refractivity contribution in [2.45, 2.75) is 16.6 Å². The van der Waals surface area contributed by atoms with Crippen LogP contribution < -0.4 is 10.1 Å². The molecule has 5 nitrogen and oxygen atoms in total. The minimum atomic E-state index is -0.533. The van der Waals surface area contributed by atoms with Crippen molar-refractivity contribution in [3.8, 4) is 5.75 Å². The Kier molecular flexibility index (Phi) is 5.55. The Balaban J connectivity index is 1.44. The van der Waals surface area contributed by atoms with Crippen molar-refractivity contribution < 1.29 is 23.5 Å². The standard InChI is InChI=1S/C18H16FNO4S/c19-12-5-1-3-7-14(12)23-9-10-24-17(21)11-16-18(22)20-13-6-2-4-8-15(13)25-16/h1-8,16H,9-11H2,(H,20,22)/t16-/m1/s1. The average Bonchev–Trinajstić information content (AvgIpc) is 2.61. The third-order valence-corrected chi connectivity index (χ3v) is 4.77. The predicted molar refractivity (Wildman–Crippen MR) is 92.2 cm³/mol. The highest BCUT2D eigenvalue weighted by Gasteiger charge is 2.29. The van der Waals surface area contributed by atoms with Gasteiger partial charge >= 0.3 is 5.97 Å². The molecule has 0 fully saturated rings. The molecule has 0 unspecified atom stereocenters. The first-order chi connectivity index (χ1) is 12.1. The summed E-state index contributed by atoms with van der Waals surface area (Å²) < 4.78 is 23.6. The molecule has 1 atom stereocenters. The number of hydrogen-bond acceptors (Lipinski definition) is 5. The lowest BCUT2D eigenvalue weighted by Crippen LogP contribution is -2.31. The molecular formula is C18H16FNO4S. The van der Waals surface area contributed by atoms with Gasteiger partial charge in [-0.3, -0.25) is 9.59 Å². The number of fused-ring (bicyclic) bond motifs is 1. The monoisotopic (exact) mass is 361 g/mol. The molecule has 2 aromatic carbocycles. The number of ether oxygens (including phenoxy) is 2. The largest absolute Gasteiger partial charge is 0.487 e. The first-order valence-electron chi connectivity index (χ1n) is 7.73. The normalized spacial score (nSPS) is 15.9. The van der Waals surface area contributed by atoms with Gasteiger partial charge in [0, 0.05) is 4.90 Å². The fraction of sp³-hybridized carbons (Fsp3) is 0.222. The van der Waals surface area contributed by atoms with Gasteiger partial charge in [-0.25, -0.2) is 4.39 Å². The summed E-state index contributed by atoms with van der Waals surface area (Å²) in [6.07, 6.45) is -0.0372. The van der Waals surface area contributed by atoms with Crippen LogP contribution in [0.4, 0.5) is 10.1 Å². The van der Waals surface area contributed by atoms with Gasteiger partial charge in [-0.15, -0.1) is 11.8 Å². The molecule has 0 radical (unpaired) electrons. The summed E-state index contributed by atoms with van der Waals surface area (Å²) in [6.45, 7) is 0.0300. The molecule has 1 aliphatic heterocycles. The maximum Gasteiger partial charge on any atom is 0.307 e. The zero-order valence-corrected chi connectivity index (χ0v) is 14.1. The minimum absolute atomic E-state index is 0.0112. The lowest BCUT2D eigenvalue weighted by molar-refractivity contribution is -0.145. The third-order valence-electron chi connectivity index (χ3n) is 3.50. The van der Waals surface area contributed by atoms with E-state index in [9.17, 15) is 14.0 Å². The van der Waals surface area contributed by atoms with E-state index in [2.05, 4.69) is 5.32 Å². The first kappa shape index (κ1) is 17.3. The zero-order valence-electron chi connectivity index (χ0n) is 13.2. The molecule has 0 bridgehead atoms. The molecule has 0 aliphatic carbocycles. The highest BCUT2D eigenvalue weighted by atomic mass is 32.2. The number of carbonyl (C=O) groups is 2. The van der Waals surface area contributed by atoms with Crippen LogP contribution in [0.25, 0.3) is 0 Å². The van der Waals surface area contributed by atoms with Gasteiger partial charge in [-0.1, -0.05) is 24.3 Å². The zero-order chi connectivity index (χ0) is 17.6. The summed E-state index contributed by atoms with van der Waals surface area (Å²) >= 11 is 1.34. The molecule has 3 rings (SSSR count). The van der Waals surface area contributed by atoms with Gasteiger partial charge in [0.05, 0.1) is 17.4 Å². The van der Waals surface area contributed by atoms with Crippen molar-refractivity contribution in [2.24, 2.45) is 0 Å². The number of halogens is 1. The smallest absolute Gasteiger partial charge is 0.307 e. The van der Waals surface area contributed by atoms with E-state index in [4.69, 9.17) is 9.47 Å². The number of thioether (sulfide) groups is 1. The predicted octanol–water partition coefficient (Wildman–Crippen LogP) is 3.25. The molecule has 1 heterocycles. The van der Waals surface area contributed by atoms with Crippen LogP contribution >= 0.6 is 11.8 Å². The van der Waals surface area contributed by atoms with Crippen LogP contribution in [-0.2, 0) is 14.3 Å². The Bertz CT molecular complexity index is 783. The summed E-state index contributed by atoms with van der Waals surface area (Å²) in [6, 6.07) is 13.4. The second-order valence-electron chi connectivity index (χ2n) is 5.30. The van der Waals surface area contributed by atoms with Crippen molar-refractivity contribution in [1.82, 2.24) is 0 Å². The molecule has 1 amide bonds. The van der Waals surface area contributed by atoms with Crippen molar-refractivity contribution in [1.29, 1.82) is 0 Å². The van der Waals surface area contributed by atoms with E-state index >= 15 is 0 Å². The van der Waals surface area contributed by atoms with E-state index in [1.807, 2.05) is 24.3 Å². The van der Waals surface area contributed by atoms with E-state index in [1.165, 1.54) is 23.9 Å². The number of para-hydroxylation sites is 2. The van der Waals surface area contributed by atoms with Crippen LogP contribution in [0.15, 0.2) is 53.4 Å². The summed E-state index contributed by atoms with van der Waals surface area (Å²) in [7, 11) is 0. The highest BCUT2D eigenvalue weighted by Crippen LogP contribution is 2.36. The van der Waals surface area contributed by atoms with Gasteiger partial charge in [0.2, 0.25) is 5.91 Å². The number of carbonyl (C=O) groups excluding carboxylic acids is 2. The highest BCUT2D eigenvalue weighted by molar-refractivity contribution is 8.01. The van der Waals surface area contributed by atoms with Gasteiger partial charge in [0.1, 0.15) is 13.2 Å². The van der Waals surface area contributed by atoms with Crippen LogP contribution in [0, 0.1) is 5.82 Å². The Hall–Kier alpha value is -2.54. The fourth-order valence-electron chi connectivity index (χ4n) is 2.31. The van der Waals surface area contributed by atoms with Gasteiger partial charge in [0.25, 0.3) is 0 Å². The molecule has 130 valence electrons. The first-order valence-corrected chi connectivity index (χ1v) is 8.61. The number of hydrogen-bond donors (Lipinski definition) is 1. The average molecular weight is 361 g/mol. The molecule has 0 saturated carbocycles. The van der Waals surface area contributed by atoms with Crippen molar-refractivity contribution >= 4 is 29.3 Å². The van der Waals surface area contributed by atoms with Gasteiger partial charge < -0.3 is 14.8 Å². The van der Waals surface area contributed by atoms with E-state index < -0.39 is 17.0 Å². The molecule has 7 heteroatoms. The molecule has 1 aliphatic rings. The fourth-order valence-corrected chi connectivity index (χ4v) is 3.40. The second-order valence-corrected chi connectivity index (χ2v) is 6.54. The van der Waals surface area contributed by atoms with Crippen LogP contribution in [0.1, 0.15) is 6.42 Å². The number of benzene rings is 2. The molecule has 0 spiro atoms. The van der Waals surface area contributed by atoms with Gasteiger partial charge in [0.15, 0.2) is 11.6 Å². The molecule has 0 saturated heterocycles. The molecule has 25 heavy (non-hydrogen) atoms. The summed E-state index contributed by atoms with van der Waals surface area (Å²) in [4.78, 5) is 24.9. The summed E-state index contributed by atoms with van der Waals surface area (Å²) in [5.41, 5.74) is 0.750. The van der Waals surface area contributed by atoms with E-state index in [1.54, 1.807) is 12.1 Å². The molecule has 1 N–H and O–H groups in total. The van der Waals surface area contributed by atoms with Crippen LogP contribution in [0.5, 0.6) is 5.75 Å². The van der Waals surface area contributed by atoms with E-state index in [-0.39, 0.29) is 31.3 Å². The number of rotatable bonds is 6. The quantitative estimate of drug-likeness (QED) is 0.632. The maximum absolute atomic E-state index is 13.4. The second kappa shape index (κ2) is 8.02.